The quantitative estimate of drug-likeness (QED) is 0.858. The minimum atomic E-state index is -0.847. The van der Waals surface area contributed by atoms with Crippen molar-refractivity contribution in [1.82, 2.24) is 4.98 Å². The summed E-state index contributed by atoms with van der Waals surface area (Å²) in [5.74, 6) is -0.178. The molecule has 1 amide bonds. The summed E-state index contributed by atoms with van der Waals surface area (Å²) in [7, 11) is 0. The van der Waals surface area contributed by atoms with E-state index in [2.05, 4.69) is 23.3 Å². The number of rotatable bonds is 5. The molecule has 2 rings (SSSR count). The molecule has 0 saturated carbocycles. The van der Waals surface area contributed by atoms with Crippen LogP contribution >= 0.6 is 35.1 Å². The van der Waals surface area contributed by atoms with E-state index in [-0.39, 0.29) is 18.3 Å². The van der Waals surface area contributed by atoms with Crippen LogP contribution in [0.15, 0.2) is 17.5 Å². The van der Waals surface area contributed by atoms with Crippen LogP contribution in [0.3, 0.4) is 0 Å². The summed E-state index contributed by atoms with van der Waals surface area (Å²) in [5.41, 5.74) is 6.06. The highest BCUT2D eigenvalue weighted by atomic mass is 35.5. The summed E-state index contributed by atoms with van der Waals surface area (Å²) >= 11 is 3.12. The second-order valence-corrected chi connectivity index (χ2v) is 7.22. The maximum absolute atomic E-state index is 12.1. The van der Waals surface area contributed by atoms with Gasteiger partial charge in [0.1, 0.15) is 0 Å². The third-order valence-corrected chi connectivity index (χ3v) is 4.79. The molecule has 0 bridgehead atoms. The second kappa shape index (κ2) is 7.35. The van der Waals surface area contributed by atoms with Gasteiger partial charge in [-0.3, -0.25) is 4.79 Å². The smallest absolute Gasteiger partial charge is 0.245 e. The number of thiazole rings is 1. The molecular formula is C14H20ClN3OS2. The van der Waals surface area contributed by atoms with Gasteiger partial charge in [0.15, 0.2) is 5.13 Å². The number of aryl methyl sites for hydroxylation is 1. The van der Waals surface area contributed by atoms with Crippen LogP contribution in [-0.4, -0.2) is 16.4 Å². The fourth-order valence-corrected chi connectivity index (χ4v) is 3.50. The van der Waals surface area contributed by atoms with Gasteiger partial charge in [0.05, 0.1) is 16.1 Å². The van der Waals surface area contributed by atoms with Crippen molar-refractivity contribution in [3.05, 3.63) is 22.4 Å². The van der Waals surface area contributed by atoms with Gasteiger partial charge in [-0.1, -0.05) is 13.3 Å². The Balaban J connectivity index is 0.00000220. The predicted molar refractivity (Wildman–Crippen MR) is 93.5 cm³/mol. The first-order valence-electron chi connectivity index (χ1n) is 6.55. The lowest BCUT2D eigenvalue weighted by Crippen LogP contribution is -2.48. The van der Waals surface area contributed by atoms with Crippen LogP contribution in [0.4, 0.5) is 5.13 Å². The summed E-state index contributed by atoms with van der Waals surface area (Å²) in [5, 5.41) is 5.37. The number of hydrogen-bond acceptors (Lipinski definition) is 5. The molecule has 0 spiro atoms. The minimum absolute atomic E-state index is 0. The lowest BCUT2D eigenvalue weighted by molar-refractivity contribution is -0.120. The standard InChI is InChI=1S/C14H19N3OS2.ClH/c1-4-7-14(3,15)12(18)17-13-16-10(8-19-13)11-6-5-9(2)20-11;/h5-6,8H,4,7,15H2,1-3H3,(H,16,17,18);1H. The Morgan fingerprint density at radius 3 is 2.76 bits per heavy atom. The Labute approximate surface area is 139 Å². The number of amides is 1. The molecule has 4 nitrogen and oxygen atoms in total. The van der Waals surface area contributed by atoms with Crippen molar-refractivity contribution < 1.29 is 4.79 Å². The second-order valence-electron chi connectivity index (χ2n) is 5.07. The van der Waals surface area contributed by atoms with E-state index < -0.39 is 5.54 Å². The molecule has 0 fully saturated rings. The third-order valence-electron chi connectivity index (χ3n) is 3.01. The number of carbonyl (C=O) groups excluding carboxylic acids is 1. The molecule has 1 unspecified atom stereocenters. The SMILES string of the molecule is CCCC(C)(N)C(=O)Nc1nc(-c2ccc(C)s2)cs1.Cl. The zero-order chi connectivity index (χ0) is 14.8. The van der Waals surface area contributed by atoms with Gasteiger partial charge < -0.3 is 11.1 Å². The molecule has 7 heteroatoms. The maximum atomic E-state index is 12.1. The fourth-order valence-electron chi connectivity index (χ4n) is 1.89. The number of carbonyl (C=O) groups is 1. The highest BCUT2D eigenvalue weighted by molar-refractivity contribution is 7.17. The lowest BCUT2D eigenvalue weighted by Gasteiger charge is -2.21. The molecule has 0 radical (unpaired) electrons. The molecule has 2 heterocycles. The van der Waals surface area contributed by atoms with Crippen LogP contribution in [-0.2, 0) is 4.79 Å². The number of nitrogens with two attached hydrogens (primary N) is 1. The molecule has 0 aliphatic heterocycles. The molecule has 1 atom stereocenters. The van der Waals surface area contributed by atoms with E-state index >= 15 is 0 Å². The Hall–Kier alpha value is -0.950. The Bertz CT molecular complexity index is 607. The van der Waals surface area contributed by atoms with Crippen LogP contribution < -0.4 is 11.1 Å². The molecule has 0 saturated heterocycles. The van der Waals surface area contributed by atoms with E-state index in [1.54, 1.807) is 18.3 Å². The van der Waals surface area contributed by atoms with Gasteiger partial charge in [-0.2, -0.15) is 0 Å². The normalized spacial score (nSPS) is 13.3. The summed E-state index contributed by atoms with van der Waals surface area (Å²) in [6.45, 7) is 5.83. The summed E-state index contributed by atoms with van der Waals surface area (Å²) in [6, 6.07) is 4.11. The van der Waals surface area contributed by atoms with Crippen molar-refractivity contribution >= 4 is 46.1 Å². The van der Waals surface area contributed by atoms with Crippen LogP contribution in [0.2, 0.25) is 0 Å². The molecular weight excluding hydrogens is 326 g/mol. The van der Waals surface area contributed by atoms with Crippen molar-refractivity contribution in [1.29, 1.82) is 0 Å². The first-order valence-corrected chi connectivity index (χ1v) is 8.24. The lowest BCUT2D eigenvalue weighted by atomic mass is 9.97. The van der Waals surface area contributed by atoms with Gasteiger partial charge >= 0.3 is 0 Å². The van der Waals surface area contributed by atoms with E-state index in [4.69, 9.17) is 5.73 Å². The number of thiophene rings is 1. The van der Waals surface area contributed by atoms with Gasteiger partial charge in [-0.15, -0.1) is 35.1 Å². The van der Waals surface area contributed by atoms with Gasteiger partial charge in [0.2, 0.25) is 5.91 Å². The van der Waals surface area contributed by atoms with Crippen molar-refractivity contribution in [3.63, 3.8) is 0 Å². The number of anilines is 1. The van der Waals surface area contributed by atoms with E-state index in [0.717, 1.165) is 17.0 Å². The predicted octanol–water partition coefficient (Wildman–Crippen LogP) is 4.06. The number of aromatic nitrogens is 1. The Kier molecular flexibility index (Phi) is 6.34. The molecule has 3 N–H and O–H groups in total. The summed E-state index contributed by atoms with van der Waals surface area (Å²) in [6.07, 6.45) is 1.53. The molecule has 0 aromatic carbocycles. The van der Waals surface area contributed by atoms with Gasteiger partial charge in [-0.05, 0) is 32.4 Å². The van der Waals surface area contributed by atoms with Gasteiger partial charge in [-0.25, -0.2) is 4.98 Å². The first kappa shape index (κ1) is 18.1. The van der Waals surface area contributed by atoms with Crippen LogP contribution in [0, 0.1) is 6.92 Å². The average molecular weight is 346 g/mol. The third kappa shape index (κ3) is 4.51. The number of nitrogens with one attached hydrogen (secondary N) is 1. The molecule has 21 heavy (non-hydrogen) atoms. The highest BCUT2D eigenvalue weighted by Crippen LogP contribution is 2.30. The number of halogens is 1. The zero-order valence-corrected chi connectivity index (χ0v) is 14.8. The molecule has 2 aromatic heterocycles. The summed E-state index contributed by atoms with van der Waals surface area (Å²) < 4.78 is 0. The van der Waals surface area contributed by atoms with Crippen LogP contribution in [0.5, 0.6) is 0 Å². The van der Waals surface area contributed by atoms with Crippen LogP contribution in [0.25, 0.3) is 10.6 Å². The highest BCUT2D eigenvalue weighted by Gasteiger charge is 2.27. The van der Waals surface area contributed by atoms with Crippen molar-refractivity contribution in [2.45, 2.75) is 39.2 Å². The maximum Gasteiger partial charge on any atom is 0.245 e. The zero-order valence-electron chi connectivity index (χ0n) is 12.3. The summed E-state index contributed by atoms with van der Waals surface area (Å²) in [4.78, 5) is 18.9. The van der Waals surface area contributed by atoms with E-state index in [0.29, 0.717) is 11.6 Å². The Morgan fingerprint density at radius 2 is 2.19 bits per heavy atom. The molecule has 0 aliphatic carbocycles. The van der Waals surface area contributed by atoms with Crippen molar-refractivity contribution in [2.75, 3.05) is 5.32 Å². The first-order chi connectivity index (χ1) is 9.42. The largest absolute Gasteiger partial charge is 0.318 e. The van der Waals surface area contributed by atoms with Gasteiger partial charge in [0, 0.05) is 10.3 Å². The number of nitrogens with zero attached hydrogens (tertiary/aromatic N) is 1. The molecule has 116 valence electrons. The van der Waals surface area contributed by atoms with Gasteiger partial charge in [0.25, 0.3) is 0 Å². The van der Waals surface area contributed by atoms with Crippen molar-refractivity contribution in [2.24, 2.45) is 5.73 Å². The fraction of sp³-hybridized carbons (Fsp3) is 0.429. The van der Waals surface area contributed by atoms with E-state index in [9.17, 15) is 4.79 Å². The van der Waals surface area contributed by atoms with Crippen molar-refractivity contribution in [3.8, 4) is 10.6 Å². The van der Waals surface area contributed by atoms with E-state index in [1.807, 2.05) is 18.4 Å². The van der Waals surface area contributed by atoms with E-state index in [1.165, 1.54) is 16.2 Å². The topological polar surface area (TPSA) is 68.0 Å². The monoisotopic (exact) mass is 345 g/mol. The molecule has 2 aromatic rings. The average Bonchev–Trinajstić information content (AvgIpc) is 2.98. The van der Waals surface area contributed by atoms with Crippen LogP contribution in [0.1, 0.15) is 31.6 Å². The minimum Gasteiger partial charge on any atom is -0.318 e. The Morgan fingerprint density at radius 1 is 1.48 bits per heavy atom. The number of hydrogen-bond donors (Lipinski definition) is 2. The molecule has 0 aliphatic rings.